The predicted molar refractivity (Wildman–Crippen MR) is 44.0 cm³/mol. The van der Waals surface area contributed by atoms with E-state index in [4.69, 9.17) is 28.3 Å². The fourth-order valence-electron chi connectivity index (χ4n) is 1.20. The number of hydrogen-bond acceptors (Lipinski definition) is 1. The number of halogens is 6. The lowest BCUT2D eigenvalue weighted by Crippen LogP contribution is -2.72. The third kappa shape index (κ3) is 1.26. The van der Waals surface area contributed by atoms with Crippen LogP contribution >= 0.6 is 23.2 Å². The van der Waals surface area contributed by atoms with Crippen LogP contribution in [0.15, 0.2) is 12.2 Å². The summed E-state index contributed by atoms with van der Waals surface area (Å²) in [6.07, 6.45) is 1.32. The van der Waals surface area contributed by atoms with Crippen molar-refractivity contribution in [2.24, 2.45) is 5.92 Å². The Balaban J connectivity index is 2.94. The van der Waals surface area contributed by atoms with E-state index in [-0.39, 0.29) is 0 Å². The van der Waals surface area contributed by atoms with Gasteiger partial charge in [-0.15, -0.1) is 0 Å². The molecular weight excluding hydrogens is 247 g/mol. The van der Waals surface area contributed by atoms with E-state index in [0.717, 1.165) is 6.08 Å². The lowest BCUT2D eigenvalue weighted by atomic mass is 9.75. The molecule has 0 unspecified atom stereocenters. The minimum absolute atomic E-state index is 0.517. The van der Waals surface area contributed by atoms with Crippen LogP contribution in [0.25, 0.3) is 0 Å². The van der Waals surface area contributed by atoms with Gasteiger partial charge in [-0.2, -0.15) is 0 Å². The molecule has 0 atom stereocenters. The van der Waals surface area contributed by atoms with Crippen molar-refractivity contribution in [1.29, 1.82) is 0 Å². The van der Waals surface area contributed by atoms with Crippen molar-refractivity contribution in [2.45, 2.75) is 16.2 Å². The van der Waals surface area contributed by atoms with Crippen molar-refractivity contribution < 1.29 is 22.7 Å². The zero-order valence-corrected chi connectivity index (χ0v) is 8.17. The molecule has 0 aliphatic heterocycles. The van der Waals surface area contributed by atoms with Crippen molar-refractivity contribution in [3.63, 3.8) is 0 Å². The Labute approximate surface area is 87.3 Å². The molecule has 0 amide bonds. The highest BCUT2D eigenvalue weighted by atomic mass is 35.5. The SMILES string of the molecule is OCC=CC1C(F)(F)C(Cl)(Cl)C1(F)F. The van der Waals surface area contributed by atoms with Crippen LogP contribution in [0.5, 0.6) is 0 Å². The number of aliphatic hydroxyl groups is 1. The molecule has 82 valence electrons. The average Bonchev–Trinajstić information content (AvgIpc) is 2.03. The molecule has 1 rings (SSSR count). The quantitative estimate of drug-likeness (QED) is 0.455. The molecule has 0 radical (unpaired) electrons. The highest BCUT2D eigenvalue weighted by Gasteiger charge is 2.85. The maximum absolute atomic E-state index is 12.9. The summed E-state index contributed by atoms with van der Waals surface area (Å²) in [5.74, 6) is -10.2. The van der Waals surface area contributed by atoms with Gasteiger partial charge in [-0.1, -0.05) is 35.4 Å². The summed E-state index contributed by atoms with van der Waals surface area (Å²) in [6, 6.07) is 0. The second kappa shape index (κ2) is 3.25. The molecule has 0 aromatic carbocycles. The summed E-state index contributed by atoms with van der Waals surface area (Å²) in [7, 11) is 0. The molecular formula is C7H6Cl2F4O. The first kappa shape index (κ1) is 12.1. The highest BCUT2D eigenvalue weighted by molar-refractivity contribution is 6.51. The van der Waals surface area contributed by atoms with Gasteiger partial charge >= 0.3 is 0 Å². The van der Waals surface area contributed by atoms with Gasteiger partial charge in [0.2, 0.25) is 4.33 Å². The Morgan fingerprint density at radius 2 is 1.57 bits per heavy atom. The maximum Gasteiger partial charge on any atom is 0.298 e. The fraction of sp³-hybridized carbons (Fsp3) is 0.714. The molecule has 7 heteroatoms. The minimum Gasteiger partial charge on any atom is -0.392 e. The van der Waals surface area contributed by atoms with Gasteiger partial charge in [0, 0.05) is 0 Å². The third-order valence-corrected chi connectivity index (χ3v) is 3.06. The van der Waals surface area contributed by atoms with E-state index in [2.05, 4.69) is 0 Å². The van der Waals surface area contributed by atoms with Crippen molar-refractivity contribution in [2.75, 3.05) is 6.61 Å². The van der Waals surface area contributed by atoms with Crippen LogP contribution in [0.2, 0.25) is 0 Å². The van der Waals surface area contributed by atoms with E-state index >= 15 is 0 Å². The lowest BCUT2D eigenvalue weighted by molar-refractivity contribution is -0.276. The Morgan fingerprint density at radius 1 is 1.14 bits per heavy atom. The maximum atomic E-state index is 12.9. The molecule has 0 bridgehead atoms. The van der Waals surface area contributed by atoms with Crippen LogP contribution in [0.3, 0.4) is 0 Å². The Hall–Kier alpha value is -0.000000000000000111. The van der Waals surface area contributed by atoms with E-state index in [9.17, 15) is 17.6 Å². The Kier molecular flexibility index (Phi) is 2.80. The summed E-state index contributed by atoms with van der Waals surface area (Å²) in [5, 5.41) is 8.26. The first-order valence-corrected chi connectivity index (χ1v) is 4.36. The van der Waals surface area contributed by atoms with Crippen molar-refractivity contribution >= 4 is 23.2 Å². The zero-order chi connectivity index (χ0) is 11.2. The van der Waals surface area contributed by atoms with E-state index in [0.29, 0.717) is 6.08 Å². The summed E-state index contributed by atoms with van der Waals surface area (Å²) in [4.78, 5) is 0. The number of hydrogen-bond donors (Lipinski definition) is 1. The molecule has 0 spiro atoms. The van der Waals surface area contributed by atoms with Crippen LogP contribution < -0.4 is 0 Å². The smallest absolute Gasteiger partial charge is 0.298 e. The van der Waals surface area contributed by atoms with Gasteiger partial charge in [0.25, 0.3) is 11.8 Å². The normalized spacial score (nSPS) is 29.1. The van der Waals surface area contributed by atoms with Crippen LogP contribution in [0.1, 0.15) is 0 Å². The molecule has 1 fully saturated rings. The Bertz CT molecular complexity index is 246. The van der Waals surface area contributed by atoms with Crippen LogP contribution in [-0.4, -0.2) is 27.9 Å². The zero-order valence-electron chi connectivity index (χ0n) is 6.65. The summed E-state index contributed by atoms with van der Waals surface area (Å²) in [6.45, 7) is -0.597. The molecule has 1 aliphatic rings. The molecule has 1 nitrogen and oxygen atoms in total. The van der Waals surface area contributed by atoms with Gasteiger partial charge in [-0.3, -0.25) is 0 Å². The largest absolute Gasteiger partial charge is 0.392 e. The summed E-state index contributed by atoms with van der Waals surface area (Å²) in [5.41, 5.74) is 0. The van der Waals surface area contributed by atoms with Crippen LogP contribution in [0, 0.1) is 5.92 Å². The lowest BCUT2D eigenvalue weighted by Gasteiger charge is -2.52. The molecule has 14 heavy (non-hydrogen) atoms. The molecule has 1 N–H and O–H groups in total. The second-order valence-corrected chi connectivity index (χ2v) is 4.24. The molecule has 0 heterocycles. The molecule has 0 aromatic heterocycles. The van der Waals surface area contributed by atoms with Crippen molar-refractivity contribution in [1.82, 2.24) is 0 Å². The van der Waals surface area contributed by atoms with Gasteiger partial charge in [0.1, 0.15) is 5.92 Å². The predicted octanol–water partition coefficient (Wildman–Crippen LogP) is 2.61. The van der Waals surface area contributed by atoms with Gasteiger partial charge in [0.05, 0.1) is 6.61 Å². The first-order chi connectivity index (χ1) is 6.19. The topological polar surface area (TPSA) is 20.2 Å². The average molecular weight is 253 g/mol. The van der Waals surface area contributed by atoms with E-state index in [1.807, 2.05) is 0 Å². The van der Waals surface area contributed by atoms with E-state index in [1.165, 1.54) is 0 Å². The van der Waals surface area contributed by atoms with E-state index < -0.39 is 28.7 Å². The monoisotopic (exact) mass is 252 g/mol. The standard InChI is InChI=1S/C7H6Cl2F4O/c8-7(9)5(10,11)4(2-1-3-14)6(7,12)13/h1-2,4,14H,3H2. The summed E-state index contributed by atoms with van der Waals surface area (Å²) < 4.78 is 48.3. The van der Waals surface area contributed by atoms with Crippen LogP contribution in [-0.2, 0) is 0 Å². The second-order valence-electron chi connectivity index (χ2n) is 2.91. The molecule has 0 saturated heterocycles. The molecule has 1 aliphatic carbocycles. The third-order valence-electron chi connectivity index (χ3n) is 2.05. The minimum atomic E-state index is -3.90. The summed E-state index contributed by atoms with van der Waals surface area (Å²) >= 11 is 9.66. The van der Waals surface area contributed by atoms with Crippen molar-refractivity contribution in [3.8, 4) is 0 Å². The van der Waals surface area contributed by atoms with Crippen molar-refractivity contribution in [3.05, 3.63) is 12.2 Å². The number of rotatable bonds is 2. The van der Waals surface area contributed by atoms with Crippen LogP contribution in [0.4, 0.5) is 17.6 Å². The highest BCUT2D eigenvalue weighted by Crippen LogP contribution is 2.67. The van der Waals surface area contributed by atoms with Gasteiger partial charge in [-0.05, 0) is 0 Å². The Morgan fingerprint density at radius 3 is 1.93 bits per heavy atom. The first-order valence-electron chi connectivity index (χ1n) is 3.60. The van der Waals surface area contributed by atoms with E-state index in [1.54, 1.807) is 0 Å². The van der Waals surface area contributed by atoms with Gasteiger partial charge in [0.15, 0.2) is 0 Å². The van der Waals surface area contributed by atoms with Gasteiger partial charge < -0.3 is 5.11 Å². The number of alkyl halides is 6. The molecule has 0 aromatic rings. The van der Waals surface area contributed by atoms with Gasteiger partial charge in [-0.25, -0.2) is 17.6 Å². The number of allylic oxidation sites excluding steroid dienone is 1. The fourth-order valence-corrected chi connectivity index (χ4v) is 1.67. The molecule has 1 saturated carbocycles. The number of aliphatic hydroxyl groups excluding tert-OH is 1.